The van der Waals surface area contributed by atoms with Gasteiger partial charge in [0, 0.05) is 27.8 Å². The van der Waals surface area contributed by atoms with Crippen molar-refractivity contribution in [3.05, 3.63) is 237 Å². The Balaban J connectivity index is 1.01. The third-order valence-electron chi connectivity index (χ3n) is 11.7. The maximum atomic E-state index is 6.18. The van der Waals surface area contributed by atoms with Gasteiger partial charge in [-0.3, -0.25) is 0 Å². The molecule has 0 saturated heterocycles. The number of anilines is 3. The number of hydrogen-bond acceptors (Lipinski definition) is 2. The Hall–Kier alpha value is -7.94. The van der Waals surface area contributed by atoms with Crippen molar-refractivity contribution >= 4 is 49.8 Å². The van der Waals surface area contributed by atoms with E-state index in [1.54, 1.807) is 0 Å². The lowest BCUT2D eigenvalue weighted by Crippen LogP contribution is -2.10. The summed E-state index contributed by atoms with van der Waals surface area (Å²) in [4.78, 5) is 2.38. The van der Waals surface area contributed by atoms with Gasteiger partial charge in [-0.1, -0.05) is 182 Å². The molecular formula is C58H39NO. The Morgan fingerprint density at radius 3 is 1.55 bits per heavy atom. The van der Waals surface area contributed by atoms with Crippen LogP contribution in [-0.4, -0.2) is 0 Å². The molecule has 2 heteroatoms. The van der Waals surface area contributed by atoms with E-state index in [0.717, 1.165) is 50.1 Å². The van der Waals surface area contributed by atoms with Crippen LogP contribution in [0.25, 0.3) is 88.3 Å². The molecule has 1 aromatic heterocycles. The van der Waals surface area contributed by atoms with Crippen LogP contribution < -0.4 is 4.90 Å². The van der Waals surface area contributed by atoms with Crippen LogP contribution >= 0.6 is 0 Å². The second kappa shape index (κ2) is 15.1. The van der Waals surface area contributed by atoms with E-state index in [2.05, 4.69) is 229 Å². The van der Waals surface area contributed by atoms with E-state index in [0.29, 0.717) is 0 Å². The molecule has 0 N–H and O–H groups in total. The molecule has 0 bridgehead atoms. The van der Waals surface area contributed by atoms with Gasteiger partial charge in [0.1, 0.15) is 11.2 Å². The first-order valence-corrected chi connectivity index (χ1v) is 20.5. The van der Waals surface area contributed by atoms with Crippen LogP contribution in [0, 0.1) is 0 Å². The number of para-hydroxylation sites is 1. The predicted octanol–water partition coefficient (Wildman–Crippen LogP) is 16.5. The predicted molar refractivity (Wildman–Crippen MR) is 253 cm³/mol. The summed E-state index contributed by atoms with van der Waals surface area (Å²) >= 11 is 0. The van der Waals surface area contributed by atoms with E-state index in [1.807, 2.05) is 12.1 Å². The molecule has 0 aliphatic carbocycles. The smallest absolute Gasteiger partial charge is 0.135 e. The Morgan fingerprint density at radius 2 is 0.767 bits per heavy atom. The Morgan fingerprint density at radius 1 is 0.250 bits per heavy atom. The van der Waals surface area contributed by atoms with Crippen LogP contribution in [0.15, 0.2) is 241 Å². The van der Waals surface area contributed by atoms with Crippen LogP contribution in [-0.2, 0) is 0 Å². The molecule has 2 nitrogen and oxygen atoms in total. The third-order valence-corrected chi connectivity index (χ3v) is 11.7. The van der Waals surface area contributed by atoms with E-state index in [-0.39, 0.29) is 0 Å². The van der Waals surface area contributed by atoms with Gasteiger partial charge in [-0.15, -0.1) is 0 Å². The highest BCUT2D eigenvalue weighted by Crippen LogP contribution is 2.43. The molecule has 0 amide bonds. The summed E-state index contributed by atoms with van der Waals surface area (Å²) in [6.45, 7) is 0. The maximum Gasteiger partial charge on any atom is 0.135 e. The van der Waals surface area contributed by atoms with Gasteiger partial charge in [0.15, 0.2) is 0 Å². The normalized spacial score (nSPS) is 11.3. The molecule has 1 heterocycles. The van der Waals surface area contributed by atoms with Gasteiger partial charge in [0.05, 0.1) is 0 Å². The lowest BCUT2D eigenvalue weighted by molar-refractivity contribution is 0.669. The van der Waals surface area contributed by atoms with Crippen molar-refractivity contribution in [3.63, 3.8) is 0 Å². The first-order valence-electron chi connectivity index (χ1n) is 20.5. The number of rotatable bonds is 8. The van der Waals surface area contributed by atoms with Gasteiger partial charge in [-0.05, 0) is 121 Å². The molecule has 0 atom stereocenters. The standard InChI is InChI=1S/C58H39NO/c1-3-13-42(14-4-1)53-35-34-50(39-55(53)44-15-5-2-6-16-44)59(49-20-11-19-46(37-49)47-31-36-58-56(38-47)54-22-9-10-24-57(54)60-58)48-32-29-41(30-33-48)40-25-27-45(28-26-40)52-23-12-18-43-17-7-8-21-51(43)52/h1-39H. The molecule has 0 aliphatic rings. The molecule has 0 unspecified atom stereocenters. The minimum Gasteiger partial charge on any atom is -0.456 e. The van der Waals surface area contributed by atoms with Crippen LogP contribution in [0.4, 0.5) is 17.1 Å². The van der Waals surface area contributed by atoms with Crippen LogP contribution in [0.2, 0.25) is 0 Å². The molecule has 0 spiro atoms. The fourth-order valence-electron chi connectivity index (χ4n) is 8.70. The van der Waals surface area contributed by atoms with Gasteiger partial charge in [-0.2, -0.15) is 0 Å². The molecule has 11 aromatic rings. The zero-order valence-corrected chi connectivity index (χ0v) is 32.9. The van der Waals surface area contributed by atoms with Crippen molar-refractivity contribution < 1.29 is 4.42 Å². The zero-order chi connectivity index (χ0) is 39.8. The maximum absolute atomic E-state index is 6.18. The van der Waals surface area contributed by atoms with E-state index in [1.165, 1.54) is 55.3 Å². The first kappa shape index (κ1) is 35.2. The van der Waals surface area contributed by atoms with Crippen LogP contribution in [0.5, 0.6) is 0 Å². The molecule has 0 radical (unpaired) electrons. The minimum atomic E-state index is 0.896. The number of hydrogen-bond donors (Lipinski definition) is 0. The first-order chi connectivity index (χ1) is 29.7. The summed E-state index contributed by atoms with van der Waals surface area (Å²) in [7, 11) is 0. The highest BCUT2D eigenvalue weighted by molar-refractivity contribution is 6.06. The van der Waals surface area contributed by atoms with E-state index >= 15 is 0 Å². The molecule has 0 aliphatic heterocycles. The van der Waals surface area contributed by atoms with E-state index < -0.39 is 0 Å². The second-order valence-electron chi connectivity index (χ2n) is 15.3. The molecular weight excluding hydrogens is 727 g/mol. The fourth-order valence-corrected chi connectivity index (χ4v) is 8.70. The fraction of sp³-hybridized carbons (Fsp3) is 0. The van der Waals surface area contributed by atoms with Gasteiger partial charge < -0.3 is 9.32 Å². The topological polar surface area (TPSA) is 16.4 Å². The molecule has 60 heavy (non-hydrogen) atoms. The Labute approximate surface area is 349 Å². The summed E-state index contributed by atoms with van der Waals surface area (Å²) in [6.07, 6.45) is 0. The Bertz CT molecular complexity index is 3290. The summed E-state index contributed by atoms with van der Waals surface area (Å²) < 4.78 is 6.18. The molecule has 282 valence electrons. The van der Waals surface area contributed by atoms with E-state index in [4.69, 9.17) is 4.42 Å². The van der Waals surface area contributed by atoms with Crippen molar-refractivity contribution in [3.8, 4) is 55.6 Å². The lowest BCUT2D eigenvalue weighted by Gasteiger charge is -2.27. The SMILES string of the molecule is c1ccc(-c2ccc(N(c3ccc(-c4ccc(-c5cccc6ccccc56)cc4)cc3)c3cccc(-c4ccc5oc6ccccc6c5c4)c3)cc2-c2ccccc2)cc1. The van der Waals surface area contributed by atoms with Gasteiger partial charge >= 0.3 is 0 Å². The molecule has 0 fully saturated rings. The minimum absolute atomic E-state index is 0.896. The summed E-state index contributed by atoms with van der Waals surface area (Å²) in [6, 6.07) is 85.0. The summed E-state index contributed by atoms with van der Waals surface area (Å²) in [5, 5.41) is 4.77. The quantitative estimate of drug-likeness (QED) is 0.153. The zero-order valence-electron chi connectivity index (χ0n) is 32.9. The number of furan rings is 1. The Kier molecular flexibility index (Phi) is 8.87. The monoisotopic (exact) mass is 765 g/mol. The van der Waals surface area contributed by atoms with E-state index in [9.17, 15) is 0 Å². The number of benzene rings is 10. The van der Waals surface area contributed by atoms with Gasteiger partial charge in [0.2, 0.25) is 0 Å². The molecule has 11 rings (SSSR count). The van der Waals surface area contributed by atoms with Crippen molar-refractivity contribution in [2.75, 3.05) is 4.90 Å². The highest BCUT2D eigenvalue weighted by Gasteiger charge is 2.18. The average Bonchev–Trinajstić information content (AvgIpc) is 3.70. The summed E-state index contributed by atoms with van der Waals surface area (Å²) in [5.74, 6) is 0. The van der Waals surface area contributed by atoms with Crippen molar-refractivity contribution in [2.45, 2.75) is 0 Å². The summed E-state index contributed by atoms with van der Waals surface area (Å²) in [5.41, 5.74) is 16.9. The molecule has 0 saturated carbocycles. The van der Waals surface area contributed by atoms with Crippen molar-refractivity contribution in [2.24, 2.45) is 0 Å². The largest absolute Gasteiger partial charge is 0.456 e. The average molecular weight is 766 g/mol. The highest BCUT2D eigenvalue weighted by atomic mass is 16.3. The molecule has 10 aromatic carbocycles. The van der Waals surface area contributed by atoms with Crippen molar-refractivity contribution in [1.82, 2.24) is 0 Å². The number of fused-ring (bicyclic) bond motifs is 4. The second-order valence-corrected chi connectivity index (χ2v) is 15.3. The van der Waals surface area contributed by atoms with Crippen molar-refractivity contribution in [1.29, 1.82) is 0 Å². The van der Waals surface area contributed by atoms with Gasteiger partial charge in [0.25, 0.3) is 0 Å². The lowest BCUT2D eigenvalue weighted by atomic mass is 9.93. The van der Waals surface area contributed by atoms with Crippen LogP contribution in [0.3, 0.4) is 0 Å². The third kappa shape index (κ3) is 6.51. The van der Waals surface area contributed by atoms with Gasteiger partial charge in [-0.25, -0.2) is 0 Å². The number of nitrogens with zero attached hydrogens (tertiary/aromatic N) is 1. The van der Waals surface area contributed by atoms with Crippen LogP contribution in [0.1, 0.15) is 0 Å².